The number of anilines is 1. The molecule has 4 rings (SSSR count). The Morgan fingerprint density at radius 2 is 1.90 bits per heavy atom. The average Bonchev–Trinajstić information content (AvgIpc) is 3.18. The third-order valence-corrected chi connectivity index (χ3v) is 4.16. The number of benzene rings is 3. The second-order valence-corrected chi connectivity index (χ2v) is 6.24. The number of rotatable bonds is 6. The van der Waals surface area contributed by atoms with Gasteiger partial charge in [0.15, 0.2) is 0 Å². The normalized spacial score (nSPS) is 10.9. The van der Waals surface area contributed by atoms with E-state index in [1.165, 1.54) is 24.3 Å². The Labute approximate surface area is 170 Å². The Balaban J connectivity index is 1.37. The number of nitro benzene ring substituents is 1. The molecule has 9 heteroatoms. The van der Waals surface area contributed by atoms with Crippen molar-refractivity contribution in [1.29, 1.82) is 0 Å². The highest BCUT2D eigenvalue weighted by molar-refractivity contribution is 5.91. The van der Waals surface area contributed by atoms with Crippen molar-refractivity contribution >= 4 is 34.9 Å². The van der Waals surface area contributed by atoms with E-state index in [4.69, 9.17) is 4.74 Å². The van der Waals surface area contributed by atoms with Gasteiger partial charge in [-0.1, -0.05) is 18.2 Å². The minimum absolute atomic E-state index is 0.102. The molecule has 0 saturated heterocycles. The largest absolute Gasteiger partial charge is 0.423 e. The van der Waals surface area contributed by atoms with Gasteiger partial charge >= 0.3 is 5.97 Å². The van der Waals surface area contributed by atoms with Crippen LogP contribution in [0, 0.1) is 10.1 Å². The Morgan fingerprint density at radius 1 is 1.10 bits per heavy atom. The zero-order valence-corrected chi connectivity index (χ0v) is 15.5. The van der Waals surface area contributed by atoms with Crippen molar-refractivity contribution in [3.8, 4) is 5.75 Å². The monoisotopic (exact) mass is 401 g/mol. The zero-order valence-electron chi connectivity index (χ0n) is 15.5. The molecule has 0 aliphatic carbocycles. The molecule has 0 spiro atoms. The molecule has 3 aromatic carbocycles. The van der Waals surface area contributed by atoms with Crippen molar-refractivity contribution in [2.45, 2.75) is 0 Å². The van der Waals surface area contributed by atoms with Crippen molar-refractivity contribution in [2.24, 2.45) is 5.10 Å². The van der Waals surface area contributed by atoms with Gasteiger partial charge in [-0.05, 0) is 48.0 Å². The topological polar surface area (TPSA) is 123 Å². The van der Waals surface area contributed by atoms with E-state index in [-0.39, 0.29) is 11.3 Å². The Morgan fingerprint density at radius 3 is 2.67 bits per heavy atom. The first-order valence-corrected chi connectivity index (χ1v) is 8.89. The third kappa shape index (κ3) is 4.30. The van der Waals surface area contributed by atoms with E-state index in [0.717, 1.165) is 16.6 Å². The van der Waals surface area contributed by atoms with Crippen LogP contribution in [0.3, 0.4) is 0 Å². The maximum Gasteiger partial charge on any atom is 0.343 e. The van der Waals surface area contributed by atoms with Crippen LogP contribution in [0.5, 0.6) is 5.75 Å². The van der Waals surface area contributed by atoms with Crippen LogP contribution < -0.4 is 10.2 Å². The number of hydrogen-bond donors (Lipinski definition) is 2. The molecule has 0 aliphatic rings. The van der Waals surface area contributed by atoms with E-state index >= 15 is 0 Å². The van der Waals surface area contributed by atoms with Crippen LogP contribution in [-0.4, -0.2) is 27.1 Å². The average molecular weight is 401 g/mol. The van der Waals surface area contributed by atoms with Crippen molar-refractivity contribution in [3.63, 3.8) is 0 Å². The molecule has 0 fully saturated rings. The van der Waals surface area contributed by atoms with E-state index in [1.807, 2.05) is 24.3 Å². The predicted molar refractivity (Wildman–Crippen MR) is 112 cm³/mol. The quantitative estimate of drug-likeness (QED) is 0.165. The Kier molecular flexibility index (Phi) is 5.16. The summed E-state index contributed by atoms with van der Waals surface area (Å²) >= 11 is 0. The van der Waals surface area contributed by atoms with Gasteiger partial charge in [0.2, 0.25) is 5.95 Å². The van der Waals surface area contributed by atoms with Crippen LogP contribution in [0.1, 0.15) is 15.9 Å². The molecule has 2 N–H and O–H groups in total. The summed E-state index contributed by atoms with van der Waals surface area (Å²) in [6.45, 7) is 0. The molecule has 0 atom stereocenters. The van der Waals surface area contributed by atoms with E-state index in [2.05, 4.69) is 20.5 Å². The van der Waals surface area contributed by atoms with Gasteiger partial charge in [0.05, 0.1) is 27.7 Å². The second kappa shape index (κ2) is 8.23. The van der Waals surface area contributed by atoms with Gasteiger partial charge in [0, 0.05) is 12.1 Å². The fourth-order valence-electron chi connectivity index (χ4n) is 2.71. The first-order chi connectivity index (χ1) is 14.6. The van der Waals surface area contributed by atoms with Gasteiger partial charge in [0.25, 0.3) is 5.69 Å². The molecule has 0 aliphatic heterocycles. The van der Waals surface area contributed by atoms with Crippen LogP contribution in [0.4, 0.5) is 11.6 Å². The Bertz CT molecular complexity index is 1210. The molecular formula is C21H15N5O4. The lowest BCUT2D eigenvalue weighted by Gasteiger charge is -2.04. The number of ether oxygens (including phenoxy) is 1. The number of esters is 1. The van der Waals surface area contributed by atoms with Gasteiger partial charge in [-0.3, -0.25) is 10.1 Å². The number of hydrazone groups is 1. The van der Waals surface area contributed by atoms with Gasteiger partial charge in [-0.2, -0.15) is 5.10 Å². The first-order valence-electron chi connectivity index (χ1n) is 8.89. The number of nitrogens with one attached hydrogen (secondary N) is 2. The number of aromatic nitrogens is 2. The van der Waals surface area contributed by atoms with Gasteiger partial charge < -0.3 is 9.72 Å². The highest BCUT2D eigenvalue weighted by atomic mass is 16.6. The van der Waals surface area contributed by atoms with E-state index in [0.29, 0.717) is 11.7 Å². The molecule has 1 aromatic heterocycles. The maximum atomic E-state index is 12.2. The second-order valence-electron chi connectivity index (χ2n) is 6.24. The number of fused-ring (bicyclic) bond motifs is 1. The van der Waals surface area contributed by atoms with Crippen LogP contribution in [0.2, 0.25) is 0 Å². The number of imidazole rings is 1. The maximum absolute atomic E-state index is 12.2. The summed E-state index contributed by atoms with van der Waals surface area (Å²) in [4.78, 5) is 29.9. The number of nitrogens with zero attached hydrogens (tertiary/aromatic N) is 3. The third-order valence-electron chi connectivity index (χ3n) is 4.16. The molecule has 148 valence electrons. The summed E-state index contributed by atoms with van der Waals surface area (Å²) in [5.41, 5.74) is 5.27. The van der Waals surface area contributed by atoms with Gasteiger partial charge in [0.1, 0.15) is 5.75 Å². The number of hydrogen-bond acceptors (Lipinski definition) is 7. The van der Waals surface area contributed by atoms with Crippen LogP contribution in [0.15, 0.2) is 77.9 Å². The van der Waals surface area contributed by atoms with Crippen molar-refractivity contribution in [1.82, 2.24) is 9.97 Å². The summed E-state index contributed by atoms with van der Waals surface area (Å²) in [7, 11) is 0. The number of nitro groups is 1. The summed E-state index contributed by atoms with van der Waals surface area (Å²) < 4.78 is 5.26. The molecule has 9 nitrogen and oxygen atoms in total. The molecule has 0 amide bonds. The fraction of sp³-hybridized carbons (Fsp3) is 0. The zero-order chi connectivity index (χ0) is 20.9. The number of carbonyl (C=O) groups is 1. The van der Waals surface area contributed by atoms with Crippen molar-refractivity contribution < 1.29 is 14.5 Å². The smallest absolute Gasteiger partial charge is 0.343 e. The number of aromatic amines is 1. The standard InChI is InChI=1S/C21H15N5O4/c27-20(15-4-3-5-16(12-15)26(28)29)30-17-10-8-14(9-11-17)13-22-25-21-23-18-6-1-2-7-19(18)24-21/h1-13H,(H2,23,24,25)/b22-13-. The van der Waals surface area contributed by atoms with Crippen LogP contribution in [0.25, 0.3) is 11.0 Å². The SMILES string of the molecule is O=C(Oc1ccc(/C=N\Nc2nc3ccccc3[nH]2)cc1)c1cccc([N+](=O)[O-])c1. The fourth-order valence-corrected chi connectivity index (χ4v) is 2.71. The van der Waals surface area contributed by atoms with E-state index in [1.54, 1.807) is 30.5 Å². The van der Waals surface area contributed by atoms with Crippen LogP contribution >= 0.6 is 0 Å². The van der Waals surface area contributed by atoms with Crippen LogP contribution in [-0.2, 0) is 0 Å². The Hall–Kier alpha value is -4.53. The van der Waals surface area contributed by atoms with Gasteiger partial charge in [-0.25, -0.2) is 15.2 Å². The number of carbonyl (C=O) groups excluding carboxylic acids is 1. The molecule has 0 unspecified atom stereocenters. The number of para-hydroxylation sites is 2. The summed E-state index contributed by atoms with van der Waals surface area (Å²) in [5, 5.41) is 15.0. The first kappa shape index (κ1) is 18.8. The highest BCUT2D eigenvalue weighted by Gasteiger charge is 2.13. The molecule has 4 aromatic rings. The summed E-state index contributed by atoms with van der Waals surface area (Å²) in [6, 6.07) is 19.7. The highest BCUT2D eigenvalue weighted by Crippen LogP contribution is 2.17. The summed E-state index contributed by atoms with van der Waals surface area (Å²) in [5.74, 6) is 0.163. The van der Waals surface area contributed by atoms with E-state index in [9.17, 15) is 14.9 Å². The lowest BCUT2D eigenvalue weighted by atomic mass is 10.2. The predicted octanol–water partition coefficient (Wildman–Crippen LogP) is 4.14. The van der Waals surface area contributed by atoms with Crippen molar-refractivity contribution in [2.75, 3.05) is 5.43 Å². The minimum atomic E-state index is -0.674. The molecule has 1 heterocycles. The van der Waals surface area contributed by atoms with Gasteiger partial charge in [-0.15, -0.1) is 0 Å². The molecule has 0 radical (unpaired) electrons. The molecule has 0 saturated carbocycles. The summed E-state index contributed by atoms with van der Waals surface area (Å²) in [6.07, 6.45) is 1.60. The molecule has 0 bridgehead atoms. The van der Waals surface area contributed by atoms with E-state index < -0.39 is 10.9 Å². The molecule has 30 heavy (non-hydrogen) atoms. The number of non-ortho nitro benzene ring substituents is 1. The minimum Gasteiger partial charge on any atom is -0.423 e. The lowest BCUT2D eigenvalue weighted by molar-refractivity contribution is -0.384. The van der Waals surface area contributed by atoms with Crippen molar-refractivity contribution in [3.05, 3.63) is 94.0 Å². The lowest BCUT2D eigenvalue weighted by Crippen LogP contribution is -2.08. The number of H-pyrrole nitrogens is 1. The molecular weight excluding hydrogens is 386 g/mol.